The minimum atomic E-state index is -0.917. The molecule has 55 heavy (non-hydrogen) atoms. The van der Waals surface area contributed by atoms with Gasteiger partial charge in [0.2, 0.25) is 0 Å². The third kappa shape index (κ3) is 9.46. The van der Waals surface area contributed by atoms with Gasteiger partial charge in [0.25, 0.3) is 5.56 Å². The van der Waals surface area contributed by atoms with Crippen LogP contribution in [0.3, 0.4) is 0 Å². The summed E-state index contributed by atoms with van der Waals surface area (Å²) in [4.78, 5) is 56.7. The Balaban J connectivity index is 1.54. The van der Waals surface area contributed by atoms with E-state index < -0.39 is 23.9 Å². The number of fused-ring (bicyclic) bond motifs is 1. The van der Waals surface area contributed by atoms with E-state index in [4.69, 9.17) is 33.2 Å². The van der Waals surface area contributed by atoms with Crippen molar-refractivity contribution in [2.45, 2.75) is 47.3 Å². The van der Waals surface area contributed by atoms with Crippen LogP contribution in [0.4, 0.5) is 0 Å². The van der Waals surface area contributed by atoms with Crippen molar-refractivity contribution in [2.24, 2.45) is 4.99 Å². The number of allylic oxidation sites excluding steroid dienone is 1. The Morgan fingerprint density at radius 2 is 1.53 bits per heavy atom. The Kier molecular flexibility index (Phi) is 13.9. The Labute approximate surface area is 329 Å². The first-order valence-corrected chi connectivity index (χ1v) is 19.1. The number of nitrogens with zero attached hydrogens (tertiary/aromatic N) is 2. The molecular weight excluding hydrogens is 796 g/mol. The highest BCUT2D eigenvalue weighted by molar-refractivity contribution is 9.10. The van der Waals surface area contributed by atoms with E-state index >= 15 is 0 Å². The quantitative estimate of drug-likeness (QED) is 0.102. The molecule has 3 aromatic carbocycles. The van der Waals surface area contributed by atoms with Crippen molar-refractivity contribution in [2.75, 3.05) is 40.1 Å². The monoisotopic (exact) mass is 836 g/mol. The summed E-state index contributed by atoms with van der Waals surface area (Å²) in [5, 5.41) is 0. The fraction of sp³-hybridized carbons (Fsp3) is 0.325. The molecule has 2 heterocycles. The predicted molar refractivity (Wildman–Crippen MR) is 208 cm³/mol. The van der Waals surface area contributed by atoms with E-state index in [0.717, 1.165) is 5.56 Å². The van der Waals surface area contributed by atoms with Crippen LogP contribution in [0, 0.1) is 0 Å². The first-order valence-electron chi connectivity index (χ1n) is 17.5. The van der Waals surface area contributed by atoms with E-state index in [1.54, 1.807) is 82.3 Å². The number of hydrogen-bond donors (Lipinski definition) is 0. The van der Waals surface area contributed by atoms with Gasteiger partial charge in [0.15, 0.2) is 34.4 Å². The van der Waals surface area contributed by atoms with Gasteiger partial charge in [-0.05, 0) is 110 Å². The molecule has 0 bridgehead atoms. The summed E-state index contributed by atoms with van der Waals surface area (Å²) in [5.74, 6) is -0.0430. The van der Waals surface area contributed by atoms with Crippen molar-refractivity contribution in [3.05, 3.63) is 112 Å². The molecule has 0 aliphatic carbocycles. The van der Waals surface area contributed by atoms with Crippen molar-refractivity contribution in [3.8, 4) is 23.0 Å². The lowest BCUT2D eigenvalue weighted by molar-refractivity contribution is -0.143. The molecule has 0 amide bonds. The van der Waals surface area contributed by atoms with Crippen molar-refractivity contribution in [3.63, 3.8) is 0 Å². The smallest absolute Gasteiger partial charge is 0.343 e. The Morgan fingerprint density at radius 1 is 0.836 bits per heavy atom. The van der Waals surface area contributed by atoms with Gasteiger partial charge in [-0.15, -0.1) is 0 Å². The van der Waals surface area contributed by atoms with Crippen molar-refractivity contribution in [1.29, 1.82) is 0 Å². The maximum absolute atomic E-state index is 14.4. The van der Waals surface area contributed by atoms with Gasteiger partial charge in [0.05, 0.1) is 65.4 Å². The zero-order valence-electron chi connectivity index (χ0n) is 31.3. The van der Waals surface area contributed by atoms with Crippen LogP contribution in [0.25, 0.3) is 6.08 Å². The number of esters is 3. The molecule has 5 rings (SSSR count). The lowest BCUT2D eigenvalue weighted by atomic mass is 9.95. The van der Waals surface area contributed by atoms with E-state index in [0.29, 0.717) is 66.7 Å². The van der Waals surface area contributed by atoms with Gasteiger partial charge in [-0.3, -0.25) is 9.36 Å². The first-order chi connectivity index (χ1) is 26.5. The third-order valence-corrected chi connectivity index (χ3v) is 9.72. The molecule has 290 valence electrons. The molecule has 0 radical (unpaired) electrons. The maximum atomic E-state index is 14.4. The molecule has 1 aromatic heterocycles. The lowest BCUT2D eigenvalue weighted by Crippen LogP contribution is -2.40. The zero-order chi connectivity index (χ0) is 39.6. The second kappa shape index (κ2) is 18.8. The number of carbonyl (C=O) groups is 3. The first kappa shape index (κ1) is 40.8. The predicted octanol–water partition coefficient (Wildman–Crippen LogP) is 5.67. The average molecular weight is 838 g/mol. The summed E-state index contributed by atoms with van der Waals surface area (Å²) >= 11 is 4.80. The topological polar surface area (TPSA) is 150 Å². The summed E-state index contributed by atoms with van der Waals surface area (Å²) in [7, 11) is 1.26. The Hall–Kier alpha value is -5.41. The molecule has 1 atom stereocenters. The number of halogens is 1. The normalized spacial score (nSPS) is 13.7. The van der Waals surface area contributed by atoms with E-state index in [2.05, 4.69) is 20.9 Å². The molecule has 0 fully saturated rings. The number of benzene rings is 3. The van der Waals surface area contributed by atoms with E-state index in [-0.39, 0.29) is 43.3 Å². The van der Waals surface area contributed by atoms with Gasteiger partial charge >= 0.3 is 17.9 Å². The molecule has 0 saturated carbocycles. The fourth-order valence-electron chi connectivity index (χ4n) is 5.72. The van der Waals surface area contributed by atoms with Crippen LogP contribution >= 0.6 is 27.3 Å². The van der Waals surface area contributed by atoms with Crippen molar-refractivity contribution >= 4 is 51.3 Å². The largest absolute Gasteiger partial charge is 0.490 e. The number of aromatic nitrogens is 1. The summed E-state index contributed by atoms with van der Waals surface area (Å²) in [6.07, 6.45) is 1.73. The molecule has 15 heteroatoms. The molecule has 4 aromatic rings. The minimum Gasteiger partial charge on any atom is -0.490 e. The molecule has 0 unspecified atom stereocenters. The van der Waals surface area contributed by atoms with Gasteiger partial charge in [-0.2, -0.15) is 0 Å². The minimum absolute atomic E-state index is 0.121. The third-order valence-electron chi connectivity index (χ3n) is 8.15. The number of rotatable bonds is 16. The maximum Gasteiger partial charge on any atom is 0.343 e. The average Bonchev–Trinajstić information content (AvgIpc) is 3.47. The standard InChI is InChI=1S/C40H41BrN2O11S/c1-7-49-30-20-27(15-16-29(30)53-22-33(44)48-6)35-34(39(47)52-10-4)23(5)42-40-43(35)37(45)32(55-40)19-25-17-28(41)36(31(18-25)50-8-2)54-21-24-11-13-26(14-12-24)38(46)51-9-3/h11-20,35H,7-10,21-22H2,1-6H3/b32-19+/t35-/m1/s1. The Bertz CT molecular complexity index is 2280. The summed E-state index contributed by atoms with van der Waals surface area (Å²) in [5.41, 5.74) is 2.69. The van der Waals surface area contributed by atoms with E-state index in [9.17, 15) is 19.2 Å². The second-order valence-corrected chi connectivity index (χ2v) is 13.6. The number of ether oxygens (including phenoxy) is 7. The highest BCUT2D eigenvalue weighted by Gasteiger charge is 2.34. The lowest BCUT2D eigenvalue weighted by Gasteiger charge is -2.25. The second-order valence-electron chi connectivity index (χ2n) is 11.8. The molecule has 0 saturated heterocycles. The highest BCUT2D eigenvalue weighted by Crippen LogP contribution is 2.39. The summed E-state index contributed by atoms with van der Waals surface area (Å²) < 4.78 is 41.3. The van der Waals surface area contributed by atoms with E-state index in [1.807, 2.05) is 13.0 Å². The number of hydrogen-bond acceptors (Lipinski definition) is 13. The van der Waals surface area contributed by atoms with Gasteiger partial charge in [-0.25, -0.2) is 19.4 Å². The fourth-order valence-corrected chi connectivity index (χ4v) is 7.34. The Morgan fingerprint density at radius 3 is 2.20 bits per heavy atom. The molecule has 0 spiro atoms. The van der Waals surface area contributed by atoms with Crippen LogP contribution in [0.2, 0.25) is 0 Å². The molecule has 13 nitrogen and oxygen atoms in total. The van der Waals surface area contributed by atoms with Gasteiger partial charge < -0.3 is 33.2 Å². The molecule has 0 N–H and O–H groups in total. The van der Waals surface area contributed by atoms with E-state index in [1.165, 1.54) is 23.0 Å². The number of carbonyl (C=O) groups excluding carboxylic acids is 3. The molecule has 1 aliphatic rings. The summed E-state index contributed by atoms with van der Waals surface area (Å²) in [6, 6.07) is 14.6. The zero-order valence-corrected chi connectivity index (χ0v) is 33.7. The summed E-state index contributed by atoms with van der Waals surface area (Å²) in [6.45, 7) is 9.74. The van der Waals surface area contributed by atoms with Gasteiger partial charge in [-0.1, -0.05) is 29.5 Å². The van der Waals surface area contributed by atoms with Crippen LogP contribution in [0.5, 0.6) is 23.0 Å². The van der Waals surface area contributed by atoms with Crippen LogP contribution in [0.15, 0.2) is 80.1 Å². The van der Waals surface area contributed by atoms with Crippen LogP contribution < -0.4 is 33.8 Å². The van der Waals surface area contributed by atoms with Crippen LogP contribution in [-0.2, 0) is 30.4 Å². The van der Waals surface area contributed by atoms with Gasteiger partial charge in [0, 0.05) is 0 Å². The number of methoxy groups -OCH3 is 1. The SMILES string of the molecule is CCOC(=O)C1=C(C)N=c2s/c(=C/c3cc(Br)c(OCc4ccc(C(=O)OCC)cc4)c(OCC)c3)c(=O)n2[C@@H]1c1ccc(OCC(=O)OC)c(OCC)c1. The van der Waals surface area contributed by atoms with Crippen molar-refractivity contribution in [1.82, 2.24) is 4.57 Å². The van der Waals surface area contributed by atoms with Crippen LogP contribution in [-0.4, -0.2) is 62.6 Å². The van der Waals surface area contributed by atoms with Gasteiger partial charge in [0.1, 0.15) is 6.61 Å². The molecular formula is C40H41BrN2O11S. The van der Waals surface area contributed by atoms with Crippen LogP contribution in [0.1, 0.15) is 67.7 Å². The number of thiazole rings is 1. The highest BCUT2D eigenvalue weighted by atomic mass is 79.9. The van der Waals surface area contributed by atoms with Crippen molar-refractivity contribution < 1.29 is 47.5 Å². The molecule has 1 aliphatic heterocycles.